The van der Waals surface area contributed by atoms with Crippen LogP contribution < -0.4 is 10.9 Å². The van der Waals surface area contributed by atoms with Crippen LogP contribution in [0.1, 0.15) is 4.88 Å². The quantitative estimate of drug-likeness (QED) is 0.651. The Balaban J connectivity index is 1.65. The van der Waals surface area contributed by atoms with Gasteiger partial charge in [0.25, 0.3) is 5.56 Å². The van der Waals surface area contributed by atoms with Gasteiger partial charge in [-0.05, 0) is 37.3 Å². The van der Waals surface area contributed by atoms with Gasteiger partial charge in [0.2, 0.25) is 11.8 Å². The van der Waals surface area contributed by atoms with Gasteiger partial charge in [0, 0.05) is 18.0 Å². The number of para-hydroxylation sites is 1. The fourth-order valence-corrected chi connectivity index (χ4v) is 3.59. The number of nitrogens with zero attached hydrogens (tertiary/aromatic N) is 3. The van der Waals surface area contributed by atoms with Gasteiger partial charge in [0.05, 0.1) is 22.1 Å². The molecule has 7 nitrogen and oxygen atoms in total. The van der Waals surface area contributed by atoms with Crippen molar-refractivity contribution >= 4 is 40.4 Å². The number of amides is 2. The van der Waals surface area contributed by atoms with E-state index in [0.717, 1.165) is 14.4 Å². The van der Waals surface area contributed by atoms with Crippen molar-refractivity contribution in [3.63, 3.8) is 0 Å². The van der Waals surface area contributed by atoms with Gasteiger partial charge in [0.1, 0.15) is 12.2 Å². The minimum absolute atomic E-state index is 0.178. The highest BCUT2D eigenvalue weighted by Crippen LogP contribution is 2.25. The number of carbonyl (C=O) groups is 2. The van der Waals surface area contributed by atoms with Crippen molar-refractivity contribution in [2.24, 2.45) is 0 Å². The minimum atomic E-state index is -0.409. The Labute approximate surface area is 176 Å². The number of carbonyl (C=O) groups excluding carboxylic acids is 2. The Bertz CT molecular complexity index is 1110. The third-order valence-electron chi connectivity index (χ3n) is 4.10. The maximum absolute atomic E-state index is 12.5. The molecule has 9 heteroatoms. The molecule has 2 amide bonds. The SMILES string of the molecule is Cc1ccc(-c2ccc(=O)n(CC(=O)N(C)CC(=O)Nc3ccccc3Cl)n2)s1. The highest BCUT2D eigenvalue weighted by molar-refractivity contribution is 7.15. The molecule has 0 fully saturated rings. The number of thiophene rings is 1. The van der Waals surface area contributed by atoms with Gasteiger partial charge in [-0.1, -0.05) is 23.7 Å². The number of rotatable bonds is 6. The lowest BCUT2D eigenvalue weighted by Crippen LogP contribution is -2.39. The summed E-state index contributed by atoms with van der Waals surface area (Å²) >= 11 is 7.57. The topological polar surface area (TPSA) is 84.3 Å². The number of aryl methyl sites for hydroxylation is 1. The van der Waals surface area contributed by atoms with Crippen molar-refractivity contribution in [1.29, 1.82) is 0 Å². The molecular formula is C20H19ClN4O3S. The van der Waals surface area contributed by atoms with Crippen molar-refractivity contribution in [1.82, 2.24) is 14.7 Å². The first-order valence-corrected chi connectivity index (χ1v) is 9.96. The minimum Gasteiger partial charge on any atom is -0.335 e. The van der Waals surface area contributed by atoms with Crippen LogP contribution in [0.2, 0.25) is 5.02 Å². The third-order valence-corrected chi connectivity index (χ3v) is 5.45. The number of halogens is 1. The van der Waals surface area contributed by atoms with Crippen LogP contribution >= 0.6 is 22.9 Å². The highest BCUT2D eigenvalue weighted by atomic mass is 35.5. The summed E-state index contributed by atoms with van der Waals surface area (Å²) in [5.41, 5.74) is 0.704. The number of anilines is 1. The molecule has 0 spiro atoms. The summed E-state index contributed by atoms with van der Waals surface area (Å²) in [5, 5.41) is 7.35. The second kappa shape index (κ2) is 9.02. The number of hydrogen-bond acceptors (Lipinski definition) is 5. The molecule has 1 aromatic carbocycles. The van der Waals surface area contributed by atoms with E-state index in [2.05, 4.69) is 10.4 Å². The van der Waals surface area contributed by atoms with Gasteiger partial charge in [-0.15, -0.1) is 11.3 Å². The molecule has 0 bridgehead atoms. The first-order valence-electron chi connectivity index (χ1n) is 8.77. The zero-order valence-corrected chi connectivity index (χ0v) is 17.5. The molecule has 0 saturated carbocycles. The third kappa shape index (κ3) is 5.30. The molecule has 0 aliphatic carbocycles. The van der Waals surface area contributed by atoms with Gasteiger partial charge >= 0.3 is 0 Å². The molecule has 0 atom stereocenters. The van der Waals surface area contributed by atoms with Crippen LogP contribution in [0.5, 0.6) is 0 Å². The van der Waals surface area contributed by atoms with Gasteiger partial charge < -0.3 is 10.2 Å². The van der Waals surface area contributed by atoms with E-state index in [-0.39, 0.29) is 18.6 Å². The molecule has 1 N–H and O–H groups in total. The summed E-state index contributed by atoms with van der Waals surface area (Å²) in [7, 11) is 1.49. The van der Waals surface area contributed by atoms with Crippen LogP contribution in [0.4, 0.5) is 5.69 Å². The average Bonchev–Trinajstić information content (AvgIpc) is 3.11. The molecular weight excluding hydrogens is 412 g/mol. The van der Waals surface area contributed by atoms with Crippen molar-refractivity contribution in [3.05, 3.63) is 68.8 Å². The summed E-state index contributed by atoms with van der Waals surface area (Å²) in [5.74, 6) is -0.800. The van der Waals surface area contributed by atoms with Crippen LogP contribution in [0.3, 0.4) is 0 Å². The van der Waals surface area contributed by atoms with E-state index in [1.165, 1.54) is 18.0 Å². The number of likely N-dealkylation sites (N-methyl/N-ethyl adjacent to an activating group) is 1. The first kappa shape index (κ1) is 20.8. The summed E-state index contributed by atoms with van der Waals surface area (Å²) in [6, 6.07) is 13.7. The Morgan fingerprint density at radius 1 is 1.17 bits per heavy atom. The smallest absolute Gasteiger partial charge is 0.267 e. The lowest BCUT2D eigenvalue weighted by atomic mass is 10.3. The maximum atomic E-state index is 12.5. The van der Waals surface area contributed by atoms with E-state index in [4.69, 9.17) is 11.6 Å². The van der Waals surface area contributed by atoms with Crippen LogP contribution in [0.25, 0.3) is 10.6 Å². The van der Waals surface area contributed by atoms with Crippen molar-refractivity contribution in [2.75, 3.05) is 18.9 Å². The Hall–Kier alpha value is -2.97. The number of aromatic nitrogens is 2. The van der Waals surface area contributed by atoms with E-state index < -0.39 is 11.8 Å². The standard InChI is InChI=1S/C20H19ClN4O3S/c1-13-7-9-17(29-13)16-8-10-19(27)25(23-16)12-20(28)24(2)11-18(26)22-15-6-4-3-5-14(15)21/h3-10H,11-12H2,1-2H3,(H,22,26). The van der Waals surface area contributed by atoms with E-state index in [0.29, 0.717) is 16.4 Å². The van der Waals surface area contributed by atoms with Crippen molar-refractivity contribution < 1.29 is 9.59 Å². The average molecular weight is 431 g/mol. The summed E-state index contributed by atoms with van der Waals surface area (Å²) in [6.45, 7) is 1.55. The van der Waals surface area contributed by atoms with E-state index >= 15 is 0 Å². The zero-order valence-electron chi connectivity index (χ0n) is 15.9. The van der Waals surface area contributed by atoms with E-state index in [1.54, 1.807) is 41.7 Å². The fourth-order valence-electron chi connectivity index (χ4n) is 2.57. The molecule has 3 rings (SSSR count). The van der Waals surface area contributed by atoms with E-state index in [1.807, 2.05) is 19.1 Å². The molecule has 150 valence electrons. The number of hydrogen-bond donors (Lipinski definition) is 1. The van der Waals surface area contributed by atoms with Crippen molar-refractivity contribution in [2.45, 2.75) is 13.5 Å². The molecule has 0 unspecified atom stereocenters. The molecule has 2 aromatic heterocycles. The van der Waals surface area contributed by atoms with Gasteiger partial charge in [-0.3, -0.25) is 14.4 Å². The van der Waals surface area contributed by atoms with Crippen LogP contribution in [-0.4, -0.2) is 40.1 Å². The van der Waals surface area contributed by atoms with Gasteiger partial charge in [0.15, 0.2) is 0 Å². The largest absolute Gasteiger partial charge is 0.335 e. The first-order chi connectivity index (χ1) is 13.8. The molecule has 0 aliphatic heterocycles. The maximum Gasteiger partial charge on any atom is 0.267 e. The second-order valence-corrected chi connectivity index (χ2v) is 8.10. The summed E-state index contributed by atoms with van der Waals surface area (Å²) in [6.07, 6.45) is 0. The monoisotopic (exact) mass is 430 g/mol. The molecule has 0 aliphatic rings. The Kier molecular flexibility index (Phi) is 6.46. The molecule has 0 saturated heterocycles. The van der Waals surface area contributed by atoms with Crippen LogP contribution in [0.15, 0.2) is 53.3 Å². The molecule has 29 heavy (non-hydrogen) atoms. The highest BCUT2D eigenvalue weighted by Gasteiger charge is 2.16. The van der Waals surface area contributed by atoms with Gasteiger partial charge in [-0.2, -0.15) is 5.10 Å². The summed E-state index contributed by atoms with van der Waals surface area (Å²) in [4.78, 5) is 40.1. The predicted octanol–water partition coefficient (Wildman–Crippen LogP) is 3.03. The van der Waals surface area contributed by atoms with Crippen LogP contribution in [0, 0.1) is 6.92 Å². The van der Waals surface area contributed by atoms with Crippen LogP contribution in [-0.2, 0) is 16.1 Å². The second-order valence-electron chi connectivity index (χ2n) is 6.40. The Morgan fingerprint density at radius 3 is 2.62 bits per heavy atom. The lowest BCUT2D eigenvalue weighted by Gasteiger charge is -2.17. The molecule has 0 radical (unpaired) electrons. The van der Waals surface area contributed by atoms with Crippen molar-refractivity contribution in [3.8, 4) is 10.6 Å². The molecule has 3 aromatic rings. The predicted molar refractivity (Wildman–Crippen MR) is 114 cm³/mol. The normalized spacial score (nSPS) is 10.6. The number of benzene rings is 1. The van der Waals surface area contributed by atoms with Gasteiger partial charge in [-0.25, -0.2) is 4.68 Å². The lowest BCUT2D eigenvalue weighted by molar-refractivity contribution is -0.134. The molecule has 2 heterocycles. The fraction of sp³-hybridized carbons (Fsp3) is 0.200. The number of nitrogens with one attached hydrogen (secondary N) is 1. The Morgan fingerprint density at radius 2 is 1.93 bits per heavy atom. The summed E-state index contributed by atoms with van der Waals surface area (Å²) < 4.78 is 1.11. The van der Waals surface area contributed by atoms with E-state index in [9.17, 15) is 14.4 Å². The zero-order chi connectivity index (χ0) is 21.0.